The number of carbonyl (C=O) groups is 1. The molecule has 1 aromatic rings. The summed E-state index contributed by atoms with van der Waals surface area (Å²) in [5.74, 6) is -0.960. The van der Waals surface area contributed by atoms with E-state index < -0.39 is 11.6 Å². The Hall–Kier alpha value is -1.53. The second-order valence-corrected chi connectivity index (χ2v) is 6.27. The Morgan fingerprint density at radius 2 is 1.87 bits per heavy atom. The molecule has 2 N–H and O–H groups in total. The monoisotopic (exact) mass is 325 g/mol. The molecule has 23 heavy (non-hydrogen) atoms. The SMILES string of the molecule is CC(N)CCC(=O)N1CCN(C(C)c2ccc(F)cc2F)CC1. The maximum Gasteiger partial charge on any atom is 0.222 e. The van der Waals surface area contributed by atoms with Gasteiger partial charge in [-0.1, -0.05) is 6.07 Å². The third-order valence-electron chi connectivity index (χ3n) is 4.44. The molecule has 1 amide bonds. The highest BCUT2D eigenvalue weighted by molar-refractivity contribution is 5.76. The van der Waals surface area contributed by atoms with Crippen molar-refractivity contribution in [1.29, 1.82) is 0 Å². The summed E-state index contributed by atoms with van der Waals surface area (Å²) in [5, 5.41) is 0. The molecule has 128 valence electrons. The zero-order valence-electron chi connectivity index (χ0n) is 13.8. The lowest BCUT2D eigenvalue weighted by Gasteiger charge is -2.38. The summed E-state index contributed by atoms with van der Waals surface area (Å²) in [4.78, 5) is 16.0. The van der Waals surface area contributed by atoms with Gasteiger partial charge in [0.1, 0.15) is 11.6 Å². The number of hydrogen-bond donors (Lipinski definition) is 1. The average Bonchev–Trinajstić information content (AvgIpc) is 2.52. The first-order chi connectivity index (χ1) is 10.9. The number of nitrogens with two attached hydrogens (primary N) is 1. The minimum absolute atomic E-state index is 0.0294. The fraction of sp³-hybridized carbons (Fsp3) is 0.588. The maximum atomic E-state index is 13.9. The van der Waals surface area contributed by atoms with Crippen LogP contribution < -0.4 is 5.73 Å². The molecule has 1 aliphatic rings. The van der Waals surface area contributed by atoms with Crippen LogP contribution >= 0.6 is 0 Å². The van der Waals surface area contributed by atoms with Gasteiger partial charge in [0.2, 0.25) is 5.91 Å². The second kappa shape index (κ2) is 7.84. The van der Waals surface area contributed by atoms with Crippen molar-refractivity contribution in [1.82, 2.24) is 9.80 Å². The van der Waals surface area contributed by atoms with E-state index in [2.05, 4.69) is 4.90 Å². The van der Waals surface area contributed by atoms with Crippen LogP contribution in [0.1, 0.15) is 38.3 Å². The minimum atomic E-state index is -0.567. The first-order valence-corrected chi connectivity index (χ1v) is 8.11. The van der Waals surface area contributed by atoms with Gasteiger partial charge in [-0.25, -0.2) is 8.78 Å². The van der Waals surface area contributed by atoms with E-state index in [1.54, 1.807) is 0 Å². The molecule has 0 bridgehead atoms. The molecule has 0 radical (unpaired) electrons. The van der Waals surface area contributed by atoms with Crippen molar-refractivity contribution in [3.8, 4) is 0 Å². The van der Waals surface area contributed by atoms with Gasteiger partial charge in [0.05, 0.1) is 0 Å². The van der Waals surface area contributed by atoms with E-state index in [1.165, 1.54) is 12.1 Å². The lowest BCUT2D eigenvalue weighted by molar-refractivity contribution is -0.133. The van der Waals surface area contributed by atoms with Gasteiger partial charge in [0.25, 0.3) is 0 Å². The molecule has 2 unspecified atom stereocenters. The molecule has 0 spiro atoms. The van der Waals surface area contributed by atoms with Crippen LogP contribution in [0.25, 0.3) is 0 Å². The van der Waals surface area contributed by atoms with Crippen LogP contribution in [0.15, 0.2) is 18.2 Å². The van der Waals surface area contributed by atoms with E-state index in [4.69, 9.17) is 5.73 Å². The van der Waals surface area contributed by atoms with Crippen molar-refractivity contribution in [3.63, 3.8) is 0 Å². The number of benzene rings is 1. The van der Waals surface area contributed by atoms with E-state index in [-0.39, 0.29) is 18.0 Å². The lowest BCUT2D eigenvalue weighted by atomic mass is 10.0. The molecule has 1 heterocycles. The largest absolute Gasteiger partial charge is 0.340 e. The molecular formula is C17H25F2N3O. The van der Waals surface area contributed by atoms with Crippen molar-refractivity contribution < 1.29 is 13.6 Å². The highest BCUT2D eigenvalue weighted by atomic mass is 19.1. The Bertz CT molecular complexity index is 543. The van der Waals surface area contributed by atoms with Gasteiger partial charge < -0.3 is 10.6 Å². The number of rotatable bonds is 5. The molecule has 4 nitrogen and oxygen atoms in total. The third-order valence-corrected chi connectivity index (χ3v) is 4.44. The molecule has 6 heteroatoms. The Balaban J connectivity index is 1.89. The zero-order chi connectivity index (χ0) is 17.0. The Kier molecular flexibility index (Phi) is 6.07. The number of hydrogen-bond acceptors (Lipinski definition) is 3. The van der Waals surface area contributed by atoms with E-state index >= 15 is 0 Å². The standard InChI is InChI=1S/C17H25F2N3O/c1-12(20)3-6-17(23)22-9-7-21(8-10-22)13(2)15-5-4-14(18)11-16(15)19/h4-5,11-13H,3,6-10,20H2,1-2H3. The van der Waals surface area contributed by atoms with Crippen molar-refractivity contribution in [3.05, 3.63) is 35.4 Å². The van der Waals surface area contributed by atoms with Crippen molar-refractivity contribution >= 4 is 5.91 Å². The van der Waals surface area contributed by atoms with Gasteiger partial charge in [-0.2, -0.15) is 0 Å². The van der Waals surface area contributed by atoms with E-state index in [0.717, 1.165) is 6.07 Å². The zero-order valence-corrected chi connectivity index (χ0v) is 13.8. The van der Waals surface area contributed by atoms with Crippen LogP contribution in [0.3, 0.4) is 0 Å². The molecule has 0 aromatic heterocycles. The highest BCUT2D eigenvalue weighted by Crippen LogP contribution is 2.24. The second-order valence-electron chi connectivity index (χ2n) is 6.27. The maximum absolute atomic E-state index is 13.9. The van der Waals surface area contributed by atoms with Gasteiger partial charge in [0.15, 0.2) is 0 Å². The molecule has 1 aromatic carbocycles. The summed E-state index contributed by atoms with van der Waals surface area (Å²) in [6, 6.07) is 3.58. The summed E-state index contributed by atoms with van der Waals surface area (Å²) in [6.45, 7) is 6.42. The van der Waals surface area contributed by atoms with Crippen LogP contribution in [0.4, 0.5) is 8.78 Å². The first-order valence-electron chi connectivity index (χ1n) is 8.11. The molecule has 2 rings (SSSR count). The molecule has 0 aliphatic carbocycles. The number of piperazine rings is 1. The van der Waals surface area contributed by atoms with Crippen molar-refractivity contribution in [2.24, 2.45) is 5.73 Å². The highest BCUT2D eigenvalue weighted by Gasteiger charge is 2.26. The summed E-state index contributed by atoms with van der Waals surface area (Å²) >= 11 is 0. The number of nitrogens with zero attached hydrogens (tertiary/aromatic N) is 2. The smallest absolute Gasteiger partial charge is 0.222 e. The Labute approximate surface area is 136 Å². The van der Waals surface area contributed by atoms with E-state index in [0.29, 0.717) is 44.6 Å². The van der Waals surface area contributed by atoms with Crippen LogP contribution in [0.2, 0.25) is 0 Å². The molecule has 0 saturated carbocycles. The number of halogens is 2. The number of amides is 1. The normalized spacial score (nSPS) is 18.7. The van der Waals surface area contributed by atoms with Gasteiger partial charge in [-0.05, 0) is 26.3 Å². The Morgan fingerprint density at radius 1 is 1.22 bits per heavy atom. The molecule has 1 saturated heterocycles. The average molecular weight is 325 g/mol. The van der Waals surface area contributed by atoms with Gasteiger partial charge >= 0.3 is 0 Å². The van der Waals surface area contributed by atoms with Gasteiger partial charge in [-0.3, -0.25) is 9.69 Å². The fourth-order valence-corrected chi connectivity index (χ4v) is 2.90. The summed E-state index contributed by atoms with van der Waals surface area (Å²) in [6.07, 6.45) is 1.16. The topological polar surface area (TPSA) is 49.6 Å². The molecular weight excluding hydrogens is 300 g/mol. The first kappa shape index (κ1) is 17.8. The Morgan fingerprint density at radius 3 is 2.43 bits per heavy atom. The third kappa shape index (κ3) is 4.72. The summed E-state index contributed by atoms with van der Waals surface area (Å²) in [7, 11) is 0. The van der Waals surface area contributed by atoms with E-state index in [9.17, 15) is 13.6 Å². The van der Waals surface area contributed by atoms with Crippen LogP contribution in [0.5, 0.6) is 0 Å². The molecule has 1 fully saturated rings. The summed E-state index contributed by atoms with van der Waals surface area (Å²) < 4.78 is 26.9. The fourth-order valence-electron chi connectivity index (χ4n) is 2.90. The van der Waals surface area contributed by atoms with Gasteiger partial charge in [-0.15, -0.1) is 0 Å². The van der Waals surface area contributed by atoms with E-state index in [1.807, 2.05) is 18.7 Å². The van der Waals surface area contributed by atoms with Crippen LogP contribution in [-0.2, 0) is 4.79 Å². The van der Waals surface area contributed by atoms with Crippen LogP contribution in [0, 0.1) is 11.6 Å². The minimum Gasteiger partial charge on any atom is -0.340 e. The predicted octanol–water partition coefficient (Wildman–Crippen LogP) is 2.30. The molecule has 1 aliphatic heterocycles. The quantitative estimate of drug-likeness (QED) is 0.904. The van der Waals surface area contributed by atoms with Crippen LogP contribution in [-0.4, -0.2) is 47.9 Å². The molecule has 2 atom stereocenters. The number of carbonyl (C=O) groups excluding carboxylic acids is 1. The van der Waals surface area contributed by atoms with Crippen molar-refractivity contribution in [2.75, 3.05) is 26.2 Å². The van der Waals surface area contributed by atoms with Gasteiger partial charge in [0, 0.05) is 56.3 Å². The lowest BCUT2D eigenvalue weighted by Crippen LogP contribution is -2.49. The summed E-state index contributed by atoms with van der Waals surface area (Å²) in [5.41, 5.74) is 6.17. The van der Waals surface area contributed by atoms with Crippen molar-refractivity contribution in [2.45, 2.75) is 38.8 Å². The predicted molar refractivity (Wildman–Crippen MR) is 85.8 cm³/mol.